The lowest BCUT2D eigenvalue weighted by atomic mass is 10.1. The minimum atomic E-state index is -0.320. The molecule has 1 aliphatic rings. The molecular weight excluding hydrogens is 311 g/mol. The fraction of sp³-hybridized carbons (Fsp3) is 0.533. The first kappa shape index (κ1) is 16.6. The zero-order valence-corrected chi connectivity index (χ0v) is 13.5. The molecule has 0 saturated carbocycles. The van der Waals surface area contributed by atoms with Crippen LogP contribution in [0, 0.1) is 0 Å². The van der Waals surface area contributed by atoms with Gasteiger partial charge in [0.05, 0.1) is 28.7 Å². The van der Waals surface area contributed by atoms with Crippen LogP contribution in [0.2, 0.25) is 10.0 Å². The summed E-state index contributed by atoms with van der Waals surface area (Å²) in [6, 6.07) is 5.20. The second-order valence-electron chi connectivity index (χ2n) is 5.49. The molecule has 1 aromatic rings. The second kappa shape index (κ2) is 7.45. The lowest BCUT2D eigenvalue weighted by Crippen LogP contribution is -2.44. The van der Waals surface area contributed by atoms with E-state index in [-0.39, 0.29) is 18.1 Å². The molecule has 1 fully saturated rings. The maximum Gasteiger partial charge on any atom is 0.234 e. The average Bonchev–Trinajstić information content (AvgIpc) is 2.41. The first-order valence-corrected chi connectivity index (χ1v) is 7.86. The molecule has 21 heavy (non-hydrogen) atoms. The maximum atomic E-state index is 12.1. The van der Waals surface area contributed by atoms with E-state index in [0.29, 0.717) is 23.1 Å². The van der Waals surface area contributed by atoms with E-state index in [9.17, 15) is 9.90 Å². The maximum absolute atomic E-state index is 12.1. The third kappa shape index (κ3) is 4.85. The molecule has 0 bridgehead atoms. The fourth-order valence-corrected chi connectivity index (χ4v) is 2.84. The van der Waals surface area contributed by atoms with Crippen LogP contribution in [0.4, 0.5) is 0 Å². The van der Waals surface area contributed by atoms with Gasteiger partial charge < -0.3 is 10.4 Å². The number of nitrogens with one attached hydrogen (secondary N) is 1. The Morgan fingerprint density at radius 1 is 1.48 bits per heavy atom. The summed E-state index contributed by atoms with van der Waals surface area (Å²) in [4.78, 5) is 14.0. The van der Waals surface area contributed by atoms with Gasteiger partial charge >= 0.3 is 0 Å². The Labute approximate surface area is 135 Å². The van der Waals surface area contributed by atoms with Gasteiger partial charge in [-0.3, -0.25) is 9.69 Å². The molecule has 1 heterocycles. The van der Waals surface area contributed by atoms with E-state index in [1.54, 1.807) is 12.1 Å². The standard InChI is InChI=1S/C15H20Cl2N2O2/c1-10(11-4-5-13(16)14(17)7-11)18-15(21)9-19-6-2-3-12(20)8-19/h4-5,7,10,12,20H,2-3,6,8-9H2,1H3,(H,18,21). The van der Waals surface area contributed by atoms with E-state index >= 15 is 0 Å². The van der Waals surface area contributed by atoms with Gasteiger partial charge in [0.2, 0.25) is 5.91 Å². The van der Waals surface area contributed by atoms with Gasteiger partial charge in [-0.15, -0.1) is 0 Å². The second-order valence-corrected chi connectivity index (χ2v) is 6.31. The van der Waals surface area contributed by atoms with Crippen LogP contribution in [0.1, 0.15) is 31.4 Å². The van der Waals surface area contributed by atoms with Crippen LogP contribution in [0.5, 0.6) is 0 Å². The summed E-state index contributed by atoms with van der Waals surface area (Å²) in [5.74, 6) is -0.0531. The molecule has 4 nitrogen and oxygen atoms in total. The Morgan fingerprint density at radius 3 is 2.90 bits per heavy atom. The third-order valence-electron chi connectivity index (χ3n) is 3.67. The Hall–Kier alpha value is -0.810. The molecule has 2 atom stereocenters. The number of rotatable bonds is 4. The highest BCUT2D eigenvalue weighted by molar-refractivity contribution is 6.42. The summed E-state index contributed by atoms with van der Waals surface area (Å²) < 4.78 is 0. The van der Waals surface area contributed by atoms with Crippen molar-refractivity contribution >= 4 is 29.1 Å². The first-order valence-electron chi connectivity index (χ1n) is 7.10. The quantitative estimate of drug-likeness (QED) is 0.892. The van der Waals surface area contributed by atoms with Crippen LogP contribution in [0.3, 0.4) is 0 Å². The number of benzene rings is 1. The van der Waals surface area contributed by atoms with Crippen molar-refractivity contribution in [3.8, 4) is 0 Å². The fourth-order valence-electron chi connectivity index (χ4n) is 2.53. The Kier molecular flexibility index (Phi) is 5.88. The number of carbonyl (C=O) groups is 1. The van der Waals surface area contributed by atoms with Gasteiger partial charge in [0.1, 0.15) is 0 Å². The van der Waals surface area contributed by atoms with Crippen molar-refractivity contribution in [3.05, 3.63) is 33.8 Å². The summed E-state index contributed by atoms with van der Waals surface area (Å²) in [5.41, 5.74) is 0.913. The SMILES string of the molecule is CC(NC(=O)CN1CCCC(O)C1)c1ccc(Cl)c(Cl)c1. The number of amides is 1. The molecule has 0 radical (unpaired) electrons. The van der Waals surface area contributed by atoms with Crippen LogP contribution in [-0.2, 0) is 4.79 Å². The van der Waals surface area contributed by atoms with Crippen molar-refractivity contribution in [2.75, 3.05) is 19.6 Å². The molecule has 2 rings (SSSR count). The Morgan fingerprint density at radius 2 is 2.24 bits per heavy atom. The smallest absolute Gasteiger partial charge is 0.234 e. The third-order valence-corrected chi connectivity index (χ3v) is 4.41. The summed E-state index contributed by atoms with van der Waals surface area (Å²) in [6.45, 7) is 3.63. The summed E-state index contributed by atoms with van der Waals surface area (Å²) in [6.07, 6.45) is 1.42. The lowest BCUT2D eigenvalue weighted by molar-refractivity contribution is -0.123. The summed E-state index contributed by atoms with van der Waals surface area (Å²) >= 11 is 11.9. The average molecular weight is 331 g/mol. The predicted octanol–water partition coefficient (Wildman–Crippen LogP) is 2.63. The number of β-amino-alcohol motifs (C(OH)–C–C–N with tert-alkyl or cyclic N) is 1. The highest BCUT2D eigenvalue weighted by atomic mass is 35.5. The van der Waals surface area contributed by atoms with Crippen molar-refractivity contribution in [3.63, 3.8) is 0 Å². The number of halogens is 2. The highest BCUT2D eigenvalue weighted by Gasteiger charge is 2.20. The van der Waals surface area contributed by atoms with Gasteiger partial charge in [0.15, 0.2) is 0 Å². The lowest BCUT2D eigenvalue weighted by Gasteiger charge is -2.29. The summed E-state index contributed by atoms with van der Waals surface area (Å²) in [5, 5.41) is 13.5. The highest BCUT2D eigenvalue weighted by Crippen LogP contribution is 2.25. The van der Waals surface area contributed by atoms with Crippen LogP contribution >= 0.6 is 23.2 Å². The summed E-state index contributed by atoms with van der Waals surface area (Å²) in [7, 11) is 0. The van der Waals surface area contributed by atoms with Gasteiger partial charge in [-0.1, -0.05) is 29.3 Å². The molecule has 1 aliphatic heterocycles. The molecule has 0 aromatic heterocycles. The molecule has 2 unspecified atom stereocenters. The van der Waals surface area contributed by atoms with Gasteiger partial charge in [-0.2, -0.15) is 0 Å². The number of aliphatic hydroxyl groups excluding tert-OH is 1. The Bertz CT molecular complexity index is 510. The first-order chi connectivity index (χ1) is 9.95. The number of likely N-dealkylation sites (tertiary alicyclic amines) is 1. The van der Waals surface area contributed by atoms with Crippen molar-refractivity contribution in [2.24, 2.45) is 0 Å². The monoisotopic (exact) mass is 330 g/mol. The molecule has 1 aromatic carbocycles. The molecular formula is C15H20Cl2N2O2. The minimum absolute atomic E-state index is 0.0531. The molecule has 2 N–H and O–H groups in total. The topological polar surface area (TPSA) is 52.6 Å². The number of aliphatic hydroxyl groups is 1. The van der Waals surface area contributed by atoms with Crippen molar-refractivity contribution < 1.29 is 9.90 Å². The van der Waals surface area contributed by atoms with Gasteiger partial charge in [0, 0.05) is 6.54 Å². The molecule has 0 spiro atoms. The van der Waals surface area contributed by atoms with E-state index in [0.717, 1.165) is 24.9 Å². The van der Waals surface area contributed by atoms with Crippen molar-refractivity contribution in [2.45, 2.75) is 31.9 Å². The minimum Gasteiger partial charge on any atom is -0.392 e. The zero-order chi connectivity index (χ0) is 15.4. The van der Waals surface area contributed by atoms with Gasteiger partial charge in [0.25, 0.3) is 0 Å². The number of hydrogen-bond donors (Lipinski definition) is 2. The largest absolute Gasteiger partial charge is 0.392 e. The molecule has 1 amide bonds. The molecule has 6 heteroatoms. The predicted molar refractivity (Wildman–Crippen MR) is 84.7 cm³/mol. The molecule has 1 saturated heterocycles. The van der Waals surface area contributed by atoms with Crippen molar-refractivity contribution in [1.29, 1.82) is 0 Å². The van der Waals surface area contributed by atoms with Gasteiger partial charge in [-0.25, -0.2) is 0 Å². The van der Waals surface area contributed by atoms with Gasteiger partial charge in [-0.05, 0) is 44.0 Å². The number of hydrogen-bond acceptors (Lipinski definition) is 3. The van der Waals surface area contributed by atoms with Crippen LogP contribution < -0.4 is 5.32 Å². The van der Waals surface area contributed by atoms with E-state index < -0.39 is 0 Å². The van der Waals surface area contributed by atoms with Crippen molar-refractivity contribution in [1.82, 2.24) is 10.2 Å². The Balaban J connectivity index is 1.88. The van der Waals surface area contributed by atoms with Crippen LogP contribution in [-0.4, -0.2) is 41.7 Å². The van der Waals surface area contributed by atoms with E-state index in [2.05, 4.69) is 5.32 Å². The van der Waals surface area contributed by atoms with E-state index in [1.165, 1.54) is 0 Å². The normalized spacial score (nSPS) is 21.0. The van der Waals surface area contributed by atoms with E-state index in [1.807, 2.05) is 17.9 Å². The number of piperidine rings is 1. The zero-order valence-electron chi connectivity index (χ0n) is 12.0. The van der Waals surface area contributed by atoms with E-state index in [4.69, 9.17) is 23.2 Å². The number of nitrogens with zero attached hydrogens (tertiary/aromatic N) is 1. The van der Waals surface area contributed by atoms with Crippen LogP contribution in [0.25, 0.3) is 0 Å². The molecule has 116 valence electrons. The molecule has 0 aliphatic carbocycles. The number of carbonyl (C=O) groups excluding carboxylic acids is 1. The van der Waals surface area contributed by atoms with Crippen LogP contribution in [0.15, 0.2) is 18.2 Å².